The van der Waals surface area contributed by atoms with Crippen LogP contribution in [0.25, 0.3) is 0 Å². The van der Waals surface area contributed by atoms with E-state index < -0.39 is 0 Å². The number of hydrogen-bond acceptors (Lipinski definition) is 4. The van der Waals surface area contributed by atoms with E-state index >= 15 is 0 Å². The fraction of sp³-hybridized carbons (Fsp3) is 0.429. The quantitative estimate of drug-likeness (QED) is 0.789. The monoisotopic (exact) mass is 338 g/mol. The summed E-state index contributed by atoms with van der Waals surface area (Å²) in [5, 5.41) is 7.14. The molecule has 0 bridgehead atoms. The van der Waals surface area contributed by atoms with Gasteiger partial charge in [-0.15, -0.1) is 0 Å². The lowest BCUT2D eigenvalue weighted by Crippen LogP contribution is -2.29. The van der Waals surface area contributed by atoms with Crippen molar-refractivity contribution < 1.29 is 9.47 Å². The van der Waals surface area contributed by atoms with E-state index in [1.54, 1.807) is 0 Å². The molecule has 2 N–H and O–H groups in total. The molecule has 4 rings (SSSR count). The summed E-state index contributed by atoms with van der Waals surface area (Å²) in [5.41, 5.74) is 4.76. The summed E-state index contributed by atoms with van der Waals surface area (Å²) in [6.45, 7) is 10.1. The molecule has 0 radical (unpaired) electrons. The summed E-state index contributed by atoms with van der Waals surface area (Å²) < 4.78 is 11.8. The Kier molecular flexibility index (Phi) is 3.78. The number of nitrogens with one attached hydrogen (secondary N) is 2. The van der Waals surface area contributed by atoms with Gasteiger partial charge in [-0.2, -0.15) is 0 Å². The van der Waals surface area contributed by atoms with Crippen molar-refractivity contribution >= 4 is 11.4 Å². The van der Waals surface area contributed by atoms with Crippen molar-refractivity contribution in [1.29, 1.82) is 0 Å². The second kappa shape index (κ2) is 5.87. The van der Waals surface area contributed by atoms with Crippen molar-refractivity contribution in [3.05, 3.63) is 47.5 Å². The maximum Gasteiger partial charge on any atom is 0.142 e. The minimum atomic E-state index is 0.118. The molecular weight excluding hydrogens is 312 g/mol. The standard InChI is InChI=1S/C21H26N2O2/c1-13-11-24-19-7-5-14(9-16(19)22-13)18-12-25-20-8-6-15(21(2,3)4)10-17(20)23-18/h5-10,13,18,22-23H,11-12H2,1-4H3. The molecular formula is C21H26N2O2. The summed E-state index contributed by atoms with van der Waals surface area (Å²) in [5.74, 6) is 1.85. The lowest BCUT2D eigenvalue weighted by Gasteiger charge is -2.31. The molecule has 2 heterocycles. The summed E-state index contributed by atoms with van der Waals surface area (Å²) in [7, 11) is 0. The van der Waals surface area contributed by atoms with Crippen LogP contribution in [0.15, 0.2) is 36.4 Å². The first-order valence-corrected chi connectivity index (χ1v) is 8.97. The highest BCUT2D eigenvalue weighted by Gasteiger charge is 2.24. The predicted octanol–water partition coefficient (Wildman–Crippen LogP) is 4.72. The maximum atomic E-state index is 6.01. The fourth-order valence-corrected chi connectivity index (χ4v) is 3.34. The van der Waals surface area contributed by atoms with E-state index in [1.165, 1.54) is 11.1 Å². The van der Waals surface area contributed by atoms with Crippen LogP contribution < -0.4 is 20.1 Å². The van der Waals surface area contributed by atoms with E-state index in [9.17, 15) is 0 Å². The summed E-state index contributed by atoms with van der Waals surface area (Å²) in [6, 6.07) is 13.2. The molecule has 25 heavy (non-hydrogen) atoms. The Morgan fingerprint density at radius 2 is 1.56 bits per heavy atom. The van der Waals surface area contributed by atoms with Crippen LogP contribution in [0, 0.1) is 0 Å². The number of anilines is 2. The zero-order valence-electron chi connectivity index (χ0n) is 15.3. The lowest BCUT2D eigenvalue weighted by atomic mass is 9.86. The Bertz CT molecular complexity index is 795. The normalized spacial score (nSPS) is 21.8. The number of hydrogen-bond donors (Lipinski definition) is 2. The lowest BCUT2D eigenvalue weighted by molar-refractivity contribution is 0.284. The number of fused-ring (bicyclic) bond motifs is 2. The Hall–Kier alpha value is -2.36. The van der Waals surface area contributed by atoms with Crippen molar-refractivity contribution in [2.45, 2.75) is 45.2 Å². The van der Waals surface area contributed by atoms with E-state index in [0.29, 0.717) is 19.3 Å². The van der Waals surface area contributed by atoms with Gasteiger partial charge in [0.15, 0.2) is 0 Å². The van der Waals surface area contributed by atoms with E-state index in [-0.39, 0.29) is 11.5 Å². The van der Waals surface area contributed by atoms with Gasteiger partial charge in [0.1, 0.15) is 24.7 Å². The molecule has 2 atom stereocenters. The number of ether oxygens (including phenoxy) is 2. The van der Waals surface area contributed by atoms with Crippen LogP contribution >= 0.6 is 0 Å². The van der Waals surface area contributed by atoms with Crippen LogP contribution in [0.2, 0.25) is 0 Å². The first kappa shape index (κ1) is 16.1. The van der Waals surface area contributed by atoms with Gasteiger partial charge in [-0.1, -0.05) is 32.9 Å². The molecule has 0 aliphatic carbocycles. The molecule has 0 saturated heterocycles. The van der Waals surface area contributed by atoms with Gasteiger partial charge in [0.2, 0.25) is 0 Å². The molecule has 0 aromatic heterocycles. The van der Waals surface area contributed by atoms with Gasteiger partial charge in [-0.25, -0.2) is 0 Å². The van der Waals surface area contributed by atoms with Crippen molar-refractivity contribution in [3.8, 4) is 11.5 Å². The predicted molar refractivity (Wildman–Crippen MR) is 102 cm³/mol. The summed E-state index contributed by atoms with van der Waals surface area (Å²) >= 11 is 0. The van der Waals surface area contributed by atoms with Gasteiger partial charge in [-0.05, 0) is 47.7 Å². The molecule has 132 valence electrons. The van der Waals surface area contributed by atoms with Crippen LogP contribution in [-0.4, -0.2) is 19.3 Å². The van der Waals surface area contributed by atoms with Gasteiger partial charge in [0.05, 0.1) is 23.5 Å². The van der Waals surface area contributed by atoms with E-state index in [2.05, 4.69) is 68.7 Å². The molecule has 4 heteroatoms. The van der Waals surface area contributed by atoms with Gasteiger partial charge in [0, 0.05) is 0 Å². The highest BCUT2D eigenvalue weighted by atomic mass is 16.5. The van der Waals surface area contributed by atoms with Crippen molar-refractivity contribution in [3.63, 3.8) is 0 Å². The topological polar surface area (TPSA) is 42.5 Å². The molecule has 0 fully saturated rings. The van der Waals surface area contributed by atoms with E-state index in [4.69, 9.17) is 9.47 Å². The Morgan fingerprint density at radius 3 is 2.32 bits per heavy atom. The zero-order valence-corrected chi connectivity index (χ0v) is 15.3. The first-order valence-electron chi connectivity index (χ1n) is 8.97. The largest absolute Gasteiger partial charge is 0.489 e. The van der Waals surface area contributed by atoms with Crippen LogP contribution in [-0.2, 0) is 5.41 Å². The fourth-order valence-electron chi connectivity index (χ4n) is 3.34. The molecule has 2 aromatic rings. The van der Waals surface area contributed by atoms with Gasteiger partial charge in [-0.3, -0.25) is 0 Å². The Labute approximate surface area is 149 Å². The van der Waals surface area contributed by atoms with Crippen molar-refractivity contribution in [1.82, 2.24) is 0 Å². The van der Waals surface area contributed by atoms with E-state index in [0.717, 1.165) is 22.9 Å². The smallest absolute Gasteiger partial charge is 0.142 e. The third kappa shape index (κ3) is 3.13. The zero-order chi connectivity index (χ0) is 17.6. The van der Waals surface area contributed by atoms with Crippen LogP contribution in [0.4, 0.5) is 11.4 Å². The third-order valence-electron chi connectivity index (χ3n) is 4.88. The van der Waals surface area contributed by atoms with Gasteiger partial charge < -0.3 is 20.1 Å². The maximum absolute atomic E-state index is 6.01. The Balaban J connectivity index is 1.61. The molecule has 0 saturated carbocycles. The summed E-state index contributed by atoms with van der Waals surface area (Å²) in [6.07, 6.45) is 0. The van der Waals surface area contributed by atoms with Crippen molar-refractivity contribution in [2.24, 2.45) is 0 Å². The molecule has 2 unspecified atom stereocenters. The molecule has 2 aliphatic rings. The first-order chi connectivity index (χ1) is 11.9. The third-order valence-corrected chi connectivity index (χ3v) is 4.88. The number of rotatable bonds is 1. The van der Waals surface area contributed by atoms with Gasteiger partial charge in [0.25, 0.3) is 0 Å². The molecule has 2 aromatic carbocycles. The number of benzene rings is 2. The second-order valence-electron chi connectivity index (χ2n) is 8.08. The molecule has 2 aliphatic heterocycles. The minimum Gasteiger partial charge on any atom is -0.489 e. The highest BCUT2D eigenvalue weighted by Crippen LogP contribution is 2.39. The minimum absolute atomic E-state index is 0.118. The average Bonchev–Trinajstić information content (AvgIpc) is 2.59. The molecule has 0 amide bonds. The summed E-state index contributed by atoms with van der Waals surface area (Å²) in [4.78, 5) is 0. The Morgan fingerprint density at radius 1 is 0.880 bits per heavy atom. The van der Waals surface area contributed by atoms with Crippen LogP contribution in [0.1, 0.15) is 44.9 Å². The molecule has 4 nitrogen and oxygen atoms in total. The van der Waals surface area contributed by atoms with Crippen LogP contribution in [0.3, 0.4) is 0 Å². The van der Waals surface area contributed by atoms with E-state index in [1.807, 2.05) is 6.07 Å². The molecule has 0 spiro atoms. The second-order valence-corrected chi connectivity index (χ2v) is 8.08. The van der Waals surface area contributed by atoms with Crippen LogP contribution in [0.5, 0.6) is 11.5 Å². The highest BCUT2D eigenvalue weighted by molar-refractivity contribution is 5.64. The average molecular weight is 338 g/mol. The SMILES string of the molecule is CC1COc2ccc(C3COc4ccc(C(C)(C)C)cc4N3)cc2N1. The van der Waals surface area contributed by atoms with Crippen molar-refractivity contribution in [2.75, 3.05) is 23.8 Å². The van der Waals surface area contributed by atoms with Gasteiger partial charge >= 0.3 is 0 Å².